The standard InChI is InChI=1S/C14H20N2O3S/c1-10-4-5-13(12(3)6-10)15-14(17)8-16-7-11(2)9-20(16,18)19/h4-6,11H,7-9H2,1-3H3,(H,15,17). The highest BCUT2D eigenvalue weighted by molar-refractivity contribution is 7.89. The molecule has 1 heterocycles. The third-order valence-corrected chi connectivity index (χ3v) is 5.44. The van der Waals surface area contributed by atoms with Crippen molar-refractivity contribution in [2.45, 2.75) is 20.8 Å². The molecule has 1 aromatic rings. The van der Waals surface area contributed by atoms with Crippen LogP contribution in [0, 0.1) is 19.8 Å². The molecule has 1 aliphatic heterocycles. The van der Waals surface area contributed by atoms with Gasteiger partial charge in [-0.05, 0) is 31.4 Å². The summed E-state index contributed by atoms with van der Waals surface area (Å²) in [5, 5.41) is 2.77. The molecule has 0 spiro atoms. The molecule has 1 aromatic carbocycles. The van der Waals surface area contributed by atoms with Crippen LogP contribution in [0.1, 0.15) is 18.1 Å². The second-order valence-electron chi connectivity index (χ2n) is 5.54. The van der Waals surface area contributed by atoms with Gasteiger partial charge in [0.05, 0.1) is 12.3 Å². The fraction of sp³-hybridized carbons (Fsp3) is 0.500. The van der Waals surface area contributed by atoms with Crippen LogP contribution >= 0.6 is 0 Å². The fourth-order valence-electron chi connectivity index (χ4n) is 2.45. The lowest BCUT2D eigenvalue weighted by Crippen LogP contribution is -2.34. The molecular formula is C14H20N2O3S. The van der Waals surface area contributed by atoms with Crippen molar-refractivity contribution >= 4 is 21.6 Å². The molecule has 1 amide bonds. The normalized spacial score (nSPS) is 21.9. The van der Waals surface area contributed by atoms with Crippen LogP contribution < -0.4 is 5.32 Å². The Hall–Kier alpha value is -1.40. The van der Waals surface area contributed by atoms with Gasteiger partial charge < -0.3 is 5.32 Å². The Morgan fingerprint density at radius 2 is 2.10 bits per heavy atom. The van der Waals surface area contributed by atoms with Gasteiger partial charge in [-0.25, -0.2) is 8.42 Å². The summed E-state index contributed by atoms with van der Waals surface area (Å²) in [6.45, 7) is 6.08. The number of carbonyl (C=O) groups excluding carboxylic acids is 1. The van der Waals surface area contributed by atoms with E-state index in [1.165, 1.54) is 4.31 Å². The highest BCUT2D eigenvalue weighted by Gasteiger charge is 2.34. The third kappa shape index (κ3) is 3.37. The minimum absolute atomic E-state index is 0.0777. The highest BCUT2D eigenvalue weighted by Crippen LogP contribution is 2.19. The third-order valence-electron chi connectivity index (χ3n) is 3.38. The van der Waals surface area contributed by atoms with E-state index in [-0.39, 0.29) is 24.1 Å². The summed E-state index contributed by atoms with van der Waals surface area (Å²) < 4.78 is 24.9. The first kappa shape index (κ1) is 15.0. The minimum Gasteiger partial charge on any atom is -0.325 e. The Kier molecular flexibility index (Phi) is 4.15. The smallest absolute Gasteiger partial charge is 0.239 e. The molecule has 0 aliphatic carbocycles. The maximum atomic E-state index is 12.0. The second-order valence-corrected chi connectivity index (χ2v) is 7.56. The van der Waals surface area contributed by atoms with Gasteiger partial charge in [-0.2, -0.15) is 4.31 Å². The minimum atomic E-state index is -3.27. The van der Waals surface area contributed by atoms with E-state index in [2.05, 4.69) is 5.32 Å². The second kappa shape index (κ2) is 5.54. The molecule has 20 heavy (non-hydrogen) atoms. The van der Waals surface area contributed by atoms with Crippen LogP contribution in [0.4, 0.5) is 5.69 Å². The van der Waals surface area contributed by atoms with Crippen LogP contribution in [-0.4, -0.2) is 37.5 Å². The number of hydrogen-bond acceptors (Lipinski definition) is 3. The Morgan fingerprint density at radius 1 is 1.40 bits per heavy atom. The van der Waals surface area contributed by atoms with Crippen LogP contribution in [0.25, 0.3) is 0 Å². The molecule has 0 aromatic heterocycles. The van der Waals surface area contributed by atoms with Crippen molar-refractivity contribution < 1.29 is 13.2 Å². The molecule has 1 saturated heterocycles. The molecule has 1 unspecified atom stereocenters. The quantitative estimate of drug-likeness (QED) is 0.919. The van der Waals surface area contributed by atoms with Gasteiger partial charge >= 0.3 is 0 Å². The molecule has 1 fully saturated rings. The summed E-state index contributed by atoms with van der Waals surface area (Å²) in [4.78, 5) is 12.0. The van der Waals surface area contributed by atoms with Crippen molar-refractivity contribution in [1.29, 1.82) is 0 Å². The fourth-order valence-corrected chi connectivity index (χ4v) is 4.28. The van der Waals surface area contributed by atoms with Crippen molar-refractivity contribution in [2.75, 3.05) is 24.2 Å². The Morgan fingerprint density at radius 3 is 2.65 bits per heavy atom. The maximum Gasteiger partial charge on any atom is 0.239 e. The summed E-state index contributed by atoms with van der Waals surface area (Å²) in [5.74, 6) is -0.0901. The van der Waals surface area contributed by atoms with E-state index in [1.807, 2.05) is 39.0 Å². The molecule has 2 rings (SSSR count). The summed E-state index contributed by atoms with van der Waals surface area (Å²) in [7, 11) is -3.27. The number of carbonyl (C=O) groups is 1. The van der Waals surface area contributed by atoms with Gasteiger partial charge in [0.1, 0.15) is 0 Å². The highest BCUT2D eigenvalue weighted by atomic mass is 32.2. The van der Waals surface area contributed by atoms with Gasteiger partial charge in [-0.3, -0.25) is 4.79 Å². The number of aryl methyl sites for hydroxylation is 2. The van der Waals surface area contributed by atoms with E-state index in [0.29, 0.717) is 6.54 Å². The molecule has 110 valence electrons. The van der Waals surface area contributed by atoms with Crippen molar-refractivity contribution in [3.05, 3.63) is 29.3 Å². The molecule has 0 saturated carbocycles. The molecule has 1 atom stereocenters. The summed E-state index contributed by atoms with van der Waals surface area (Å²) in [6, 6.07) is 5.73. The Bertz CT molecular complexity index is 625. The summed E-state index contributed by atoms with van der Waals surface area (Å²) >= 11 is 0. The molecule has 5 nitrogen and oxygen atoms in total. The zero-order valence-electron chi connectivity index (χ0n) is 12.0. The zero-order chi connectivity index (χ0) is 14.9. The van der Waals surface area contributed by atoms with Crippen LogP contribution in [0.2, 0.25) is 0 Å². The monoisotopic (exact) mass is 296 g/mol. The van der Waals surface area contributed by atoms with Gasteiger partial charge in [0.25, 0.3) is 0 Å². The molecule has 6 heteroatoms. The van der Waals surface area contributed by atoms with E-state index in [9.17, 15) is 13.2 Å². The number of nitrogens with one attached hydrogen (secondary N) is 1. The number of benzene rings is 1. The SMILES string of the molecule is Cc1ccc(NC(=O)CN2CC(C)CS2(=O)=O)c(C)c1. The number of sulfonamides is 1. The Labute approximate surface area is 120 Å². The van der Waals surface area contributed by atoms with Crippen LogP contribution in [-0.2, 0) is 14.8 Å². The predicted molar refractivity (Wildman–Crippen MR) is 79.1 cm³/mol. The molecule has 1 N–H and O–H groups in total. The number of anilines is 1. The van der Waals surface area contributed by atoms with Gasteiger partial charge in [0, 0.05) is 12.2 Å². The van der Waals surface area contributed by atoms with Crippen molar-refractivity contribution in [2.24, 2.45) is 5.92 Å². The lowest BCUT2D eigenvalue weighted by Gasteiger charge is -2.15. The molecule has 0 bridgehead atoms. The zero-order valence-corrected chi connectivity index (χ0v) is 12.8. The van der Waals surface area contributed by atoms with Crippen molar-refractivity contribution in [3.63, 3.8) is 0 Å². The predicted octanol–water partition coefficient (Wildman–Crippen LogP) is 1.52. The van der Waals surface area contributed by atoms with E-state index >= 15 is 0 Å². The van der Waals surface area contributed by atoms with Crippen molar-refractivity contribution in [3.8, 4) is 0 Å². The largest absolute Gasteiger partial charge is 0.325 e. The molecule has 0 radical (unpaired) electrons. The number of amides is 1. The average molecular weight is 296 g/mol. The van der Waals surface area contributed by atoms with Gasteiger partial charge in [-0.15, -0.1) is 0 Å². The number of hydrogen-bond donors (Lipinski definition) is 1. The first-order valence-corrected chi connectivity index (χ1v) is 8.24. The molecule has 1 aliphatic rings. The van der Waals surface area contributed by atoms with Gasteiger partial charge in [0.15, 0.2) is 0 Å². The first-order valence-electron chi connectivity index (χ1n) is 6.63. The average Bonchev–Trinajstić information content (AvgIpc) is 2.55. The lowest BCUT2D eigenvalue weighted by atomic mass is 10.1. The van der Waals surface area contributed by atoms with E-state index < -0.39 is 10.0 Å². The van der Waals surface area contributed by atoms with Crippen LogP contribution in [0.3, 0.4) is 0 Å². The van der Waals surface area contributed by atoms with E-state index in [4.69, 9.17) is 0 Å². The maximum absolute atomic E-state index is 12.0. The summed E-state index contributed by atoms with van der Waals surface area (Å²) in [6.07, 6.45) is 0. The van der Waals surface area contributed by atoms with E-state index in [0.717, 1.165) is 16.8 Å². The number of nitrogens with zero attached hydrogens (tertiary/aromatic N) is 1. The van der Waals surface area contributed by atoms with Crippen LogP contribution in [0.15, 0.2) is 18.2 Å². The van der Waals surface area contributed by atoms with E-state index in [1.54, 1.807) is 0 Å². The molecular weight excluding hydrogens is 276 g/mol. The first-order chi connectivity index (χ1) is 9.28. The van der Waals surface area contributed by atoms with Crippen molar-refractivity contribution in [1.82, 2.24) is 4.31 Å². The van der Waals surface area contributed by atoms with Gasteiger partial charge in [-0.1, -0.05) is 24.6 Å². The lowest BCUT2D eigenvalue weighted by molar-refractivity contribution is -0.116. The summed E-state index contributed by atoms with van der Waals surface area (Å²) in [5.41, 5.74) is 2.82. The number of rotatable bonds is 3. The Balaban J connectivity index is 2.03. The topological polar surface area (TPSA) is 66.5 Å². The van der Waals surface area contributed by atoms with Gasteiger partial charge in [0.2, 0.25) is 15.9 Å². The van der Waals surface area contributed by atoms with Crippen LogP contribution in [0.5, 0.6) is 0 Å².